The van der Waals surface area contributed by atoms with Gasteiger partial charge in [-0.25, -0.2) is 10.2 Å². The van der Waals surface area contributed by atoms with Gasteiger partial charge in [0, 0.05) is 17.3 Å². The smallest absolute Gasteiger partial charge is 0.343 e. The van der Waals surface area contributed by atoms with Crippen molar-refractivity contribution in [1.29, 1.82) is 0 Å². The standard InChI is InChI=1S/C33H29N3O5/c1-3-40-30-21-25(11-19-29(30)41-33(39)27-13-9-23(2)10-14-27)22-34-36-32(38)26-15-17-28(18-16-26)35-31(37)20-12-24-7-5-4-6-8-24/h4-22H,3H2,1-2H3,(H,35,37)(H,36,38)/b20-12+,34-22-. The molecule has 8 heteroatoms. The van der Waals surface area contributed by atoms with E-state index >= 15 is 0 Å². The summed E-state index contributed by atoms with van der Waals surface area (Å²) in [5, 5.41) is 6.78. The van der Waals surface area contributed by atoms with Crippen LogP contribution in [-0.2, 0) is 4.79 Å². The molecule has 4 aromatic carbocycles. The Balaban J connectivity index is 1.32. The summed E-state index contributed by atoms with van der Waals surface area (Å²) < 4.78 is 11.2. The fourth-order valence-corrected chi connectivity index (χ4v) is 3.66. The SMILES string of the molecule is CCOc1cc(/C=N\NC(=O)c2ccc(NC(=O)/C=C/c3ccccc3)cc2)ccc1OC(=O)c1ccc(C)cc1. The summed E-state index contributed by atoms with van der Waals surface area (Å²) in [5.74, 6) is -0.538. The second-order valence-electron chi connectivity index (χ2n) is 8.90. The van der Waals surface area contributed by atoms with E-state index in [0.29, 0.717) is 34.7 Å². The Kier molecular flexibility index (Phi) is 9.77. The van der Waals surface area contributed by atoms with Crippen LogP contribution in [0.5, 0.6) is 11.5 Å². The Hall–Kier alpha value is -5.50. The fourth-order valence-electron chi connectivity index (χ4n) is 3.66. The number of aryl methyl sites for hydroxylation is 1. The van der Waals surface area contributed by atoms with Crippen molar-refractivity contribution in [3.05, 3.63) is 131 Å². The van der Waals surface area contributed by atoms with Crippen molar-refractivity contribution >= 4 is 35.8 Å². The molecule has 0 bridgehead atoms. The molecule has 0 atom stereocenters. The molecule has 2 N–H and O–H groups in total. The van der Waals surface area contributed by atoms with Crippen LogP contribution in [0.3, 0.4) is 0 Å². The quantitative estimate of drug-likeness (QED) is 0.0829. The van der Waals surface area contributed by atoms with Crippen molar-refractivity contribution < 1.29 is 23.9 Å². The number of carbonyl (C=O) groups is 3. The summed E-state index contributed by atoms with van der Waals surface area (Å²) in [6.45, 7) is 4.13. The molecule has 0 saturated heterocycles. The third-order valence-electron chi connectivity index (χ3n) is 5.78. The average Bonchev–Trinajstić information content (AvgIpc) is 2.98. The summed E-state index contributed by atoms with van der Waals surface area (Å²) in [6, 6.07) is 28.0. The van der Waals surface area contributed by atoms with Gasteiger partial charge in [-0.3, -0.25) is 9.59 Å². The van der Waals surface area contributed by atoms with Crippen LogP contribution in [0.1, 0.15) is 44.3 Å². The molecule has 0 heterocycles. The zero-order valence-corrected chi connectivity index (χ0v) is 22.7. The van der Waals surface area contributed by atoms with Gasteiger partial charge < -0.3 is 14.8 Å². The monoisotopic (exact) mass is 547 g/mol. The van der Waals surface area contributed by atoms with Crippen molar-refractivity contribution in [2.45, 2.75) is 13.8 Å². The van der Waals surface area contributed by atoms with Gasteiger partial charge in [0.2, 0.25) is 5.91 Å². The molecular formula is C33H29N3O5. The number of amides is 2. The van der Waals surface area contributed by atoms with Gasteiger partial charge in [0.1, 0.15) is 0 Å². The predicted octanol–water partition coefficient (Wildman–Crippen LogP) is 6.03. The minimum atomic E-state index is -0.492. The maximum Gasteiger partial charge on any atom is 0.343 e. The number of esters is 1. The molecule has 4 rings (SSSR count). The molecular weight excluding hydrogens is 518 g/mol. The van der Waals surface area contributed by atoms with Gasteiger partial charge in [0.05, 0.1) is 18.4 Å². The summed E-state index contributed by atoms with van der Waals surface area (Å²) in [5.41, 5.74) is 6.42. The van der Waals surface area contributed by atoms with E-state index in [-0.39, 0.29) is 11.7 Å². The van der Waals surface area contributed by atoms with Gasteiger partial charge in [-0.05, 0) is 85.6 Å². The molecule has 0 aliphatic carbocycles. The van der Waals surface area contributed by atoms with Gasteiger partial charge in [-0.1, -0.05) is 48.0 Å². The van der Waals surface area contributed by atoms with Crippen molar-refractivity contribution in [3.63, 3.8) is 0 Å². The Morgan fingerprint density at radius 3 is 2.22 bits per heavy atom. The summed E-state index contributed by atoms with van der Waals surface area (Å²) in [4.78, 5) is 37.2. The van der Waals surface area contributed by atoms with Gasteiger partial charge in [0.25, 0.3) is 5.91 Å². The highest BCUT2D eigenvalue weighted by atomic mass is 16.6. The minimum Gasteiger partial charge on any atom is -0.490 e. The third kappa shape index (κ3) is 8.49. The van der Waals surface area contributed by atoms with Crippen LogP contribution in [0, 0.1) is 6.92 Å². The molecule has 206 valence electrons. The van der Waals surface area contributed by atoms with Gasteiger partial charge in [-0.15, -0.1) is 0 Å². The molecule has 8 nitrogen and oxygen atoms in total. The summed E-state index contributed by atoms with van der Waals surface area (Å²) >= 11 is 0. The van der Waals surface area contributed by atoms with E-state index in [2.05, 4.69) is 15.8 Å². The zero-order chi connectivity index (χ0) is 29.0. The Labute approximate surface area is 238 Å². The van der Waals surface area contributed by atoms with Crippen LogP contribution in [-0.4, -0.2) is 30.6 Å². The highest BCUT2D eigenvalue weighted by Crippen LogP contribution is 2.29. The lowest BCUT2D eigenvalue weighted by molar-refractivity contribution is -0.111. The zero-order valence-electron chi connectivity index (χ0n) is 22.7. The number of benzene rings is 4. The van der Waals surface area contributed by atoms with Crippen molar-refractivity contribution in [2.75, 3.05) is 11.9 Å². The van der Waals surface area contributed by atoms with Crippen LogP contribution in [0.4, 0.5) is 5.69 Å². The predicted molar refractivity (Wildman–Crippen MR) is 159 cm³/mol. The van der Waals surface area contributed by atoms with Crippen molar-refractivity contribution in [2.24, 2.45) is 5.10 Å². The Morgan fingerprint density at radius 1 is 0.805 bits per heavy atom. The van der Waals surface area contributed by atoms with E-state index in [1.165, 1.54) is 12.3 Å². The largest absolute Gasteiger partial charge is 0.490 e. The number of nitrogens with one attached hydrogen (secondary N) is 2. The highest BCUT2D eigenvalue weighted by Gasteiger charge is 2.13. The first-order chi connectivity index (χ1) is 19.9. The Bertz CT molecular complexity index is 1560. The Morgan fingerprint density at radius 2 is 1.51 bits per heavy atom. The molecule has 41 heavy (non-hydrogen) atoms. The molecule has 4 aromatic rings. The number of anilines is 1. The number of carbonyl (C=O) groups excluding carboxylic acids is 3. The van der Waals surface area contributed by atoms with Crippen LogP contribution in [0.2, 0.25) is 0 Å². The third-order valence-corrected chi connectivity index (χ3v) is 5.78. The number of nitrogens with zero attached hydrogens (tertiary/aromatic N) is 1. The first kappa shape index (κ1) is 28.5. The van der Waals surface area contributed by atoms with Crippen LogP contribution >= 0.6 is 0 Å². The molecule has 0 saturated carbocycles. The van der Waals surface area contributed by atoms with Crippen LogP contribution in [0.25, 0.3) is 6.08 Å². The molecule has 0 unspecified atom stereocenters. The first-order valence-electron chi connectivity index (χ1n) is 12.9. The van der Waals surface area contributed by atoms with Gasteiger partial charge in [-0.2, -0.15) is 5.10 Å². The maximum atomic E-state index is 12.5. The topological polar surface area (TPSA) is 106 Å². The second-order valence-corrected chi connectivity index (χ2v) is 8.90. The molecule has 0 aliphatic rings. The van der Waals surface area contributed by atoms with Crippen molar-refractivity contribution in [1.82, 2.24) is 5.43 Å². The minimum absolute atomic E-state index is 0.279. The normalized spacial score (nSPS) is 10.9. The maximum absolute atomic E-state index is 12.5. The average molecular weight is 548 g/mol. The molecule has 0 spiro atoms. The number of hydrazone groups is 1. The number of hydrogen-bond acceptors (Lipinski definition) is 6. The van der Waals surface area contributed by atoms with E-state index in [1.807, 2.05) is 56.3 Å². The highest BCUT2D eigenvalue weighted by molar-refractivity contribution is 6.02. The van der Waals surface area contributed by atoms with E-state index in [9.17, 15) is 14.4 Å². The van der Waals surface area contributed by atoms with E-state index < -0.39 is 11.9 Å². The molecule has 0 aliphatic heterocycles. The number of ether oxygens (including phenoxy) is 2. The van der Waals surface area contributed by atoms with E-state index in [0.717, 1.165) is 11.1 Å². The lowest BCUT2D eigenvalue weighted by Crippen LogP contribution is -2.17. The summed E-state index contributed by atoms with van der Waals surface area (Å²) in [7, 11) is 0. The molecule has 2 amide bonds. The molecule has 0 radical (unpaired) electrons. The lowest BCUT2D eigenvalue weighted by atomic mass is 10.1. The van der Waals surface area contributed by atoms with E-state index in [1.54, 1.807) is 60.7 Å². The van der Waals surface area contributed by atoms with Gasteiger partial charge in [0.15, 0.2) is 11.5 Å². The first-order valence-corrected chi connectivity index (χ1v) is 12.9. The summed E-state index contributed by atoms with van der Waals surface area (Å²) in [6.07, 6.45) is 4.62. The second kappa shape index (κ2) is 14.0. The van der Waals surface area contributed by atoms with E-state index in [4.69, 9.17) is 9.47 Å². The molecule has 0 fully saturated rings. The lowest BCUT2D eigenvalue weighted by Gasteiger charge is -2.11. The number of rotatable bonds is 10. The molecule has 0 aromatic heterocycles. The van der Waals surface area contributed by atoms with Gasteiger partial charge >= 0.3 is 5.97 Å². The van der Waals surface area contributed by atoms with Crippen LogP contribution < -0.4 is 20.2 Å². The fraction of sp³-hybridized carbons (Fsp3) is 0.0909. The van der Waals surface area contributed by atoms with Crippen LogP contribution in [0.15, 0.2) is 108 Å². The number of hydrogen-bond donors (Lipinski definition) is 2. The van der Waals surface area contributed by atoms with Crippen molar-refractivity contribution in [3.8, 4) is 11.5 Å².